The highest BCUT2D eigenvalue weighted by Gasteiger charge is 2.37. The van der Waals surface area contributed by atoms with Crippen LogP contribution in [0.4, 0.5) is 13.2 Å². The Kier molecular flexibility index (Phi) is 4.86. The number of alkyl halides is 3. The molecular weight excluding hydrogens is 371 g/mol. The van der Waals surface area contributed by atoms with E-state index in [0.717, 1.165) is 5.39 Å². The Balaban J connectivity index is 2.01. The molecule has 0 aliphatic heterocycles. The largest absolute Gasteiger partial charge is 0.402 e. The maximum atomic E-state index is 12.9. The molecule has 1 aromatic heterocycles. The third-order valence-electron chi connectivity index (χ3n) is 3.65. The van der Waals surface area contributed by atoms with Gasteiger partial charge in [-0.25, -0.2) is 8.42 Å². The summed E-state index contributed by atoms with van der Waals surface area (Å²) in [7, 11) is -4.28. The van der Waals surface area contributed by atoms with E-state index in [0.29, 0.717) is 15.3 Å². The molecule has 0 spiro atoms. The molecule has 3 aromatic rings. The standard InChI is InChI=1S/C17H14F3NO2S2/c18-17(19,20)12-21(10-13-7-8-24-11-13)25(22,23)16-6-5-14-3-1-2-4-15(14)9-16/h1-9,11H,10,12H2. The van der Waals surface area contributed by atoms with Gasteiger partial charge in [0.2, 0.25) is 10.0 Å². The van der Waals surface area contributed by atoms with Crippen molar-refractivity contribution < 1.29 is 21.6 Å². The van der Waals surface area contributed by atoms with Crippen LogP contribution in [0.15, 0.2) is 64.2 Å². The zero-order valence-electron chi connectivity index (χ0n) is 12.9. The lowest BCUT2D eigenvalue weighted by Gasteiger charge is -2.23. The van der Waals surface area contributed by atoms with Crippen LogP contribution in [0.2, 0.25) is 0 Å². The number of rotatable bonds is 5. The second-order valence-electron chi connectivity index (χ2n) is 5.53. The number of benzene rings is 2. The number of sulfonamides is 1. The summed E-state index contributed by atoms with van der Waals surface area (Å²) in [5.41, 5.74) is 0.526. The molecule has 0 saturated heterocycles. The van der Waals surface area contributed by atoms with Gasteiger partial charge in [0.1, 0.15) is 6.54 Å². The zero-order chi connectivity index (χ0) is 18.1. The van der Waals surface area contributed by atoms with Crippen molar-refractivity contribution in [1.82, 2.24) is 4.31 Å². The highest BCUT2D eigenvalue weighted by Crippen LogP contribution is 2.27. The van der Waals surface area contributed by atoms with Gasteiger partial charge in [-0.2, -0.15) is 28.8 Å². The van der Waals surface area contributed by atoms with Gasteiger partial charge < -0.3 is 0 Å². The summed E-state index contributed by atoms with van der Waals surface area (Å²) in [6.45, 7) is -1.85. The average Bonchev–Trinajstić information content (AvgIpc) is 3.05. The zero-order valence-corrected chi connectivity index (χ0v) is 14.5. The van der Waals surface area contributed by atoms with Crippen LogP contribution in [0.1, 0.15) is 5.56 Å². The van der Waals surface area contributed by atoms with Gasteiger partial charge >= 0.3 is 6.18 Å². The number of halogens is 3. The number of fused-ring (bicyclic) bond motifs is 1. The first-order chi connectivity index (χ1) is 11.8. The second-order valence-corrected chi connectivity index (χ2v) is 8.25. The molecule has 0 atom stereocenters. The summed E-state index contributed by atoms with van der Waals surface area (Å²) >= 11 is 1.31. The molecule has 0 N–H and O–H groups in total. The van der Waals surface area contributed by atoms with Crippen molar-refractivity contribution in [2.24, 2.45) is 0 Å². The molecule has 132 valence electrons. The fourth-order valence-corrected chi connectivity index (χ4v) is 4.60. The smallest absolute Gasteiger partial charge is 0.207 e. The molecule has 0 saturated carbocycles. The maximum absolute atomic E-state index is 12.9. The van der Waals surface area contributed by atoms with E-state index in [4.69, 9.17) is 0 Å². The molecule has 0 unspecified atom stereocenters. The first-order valence-corrected chi connectivity index (χ1v) is 9.71. The summed E-state index contributed by atoms with van der Waals surface area (Å²) in [5.74, 6) is 0. The molecule has 0 amide bonds. The van der Waals surface area contributed by atoms with E-state index in [-0.39, 0.29) is 11.4 Å². The Hall–Kier alpha value is -1.90. The Morgan fingerprint density at radius 2 is 1.72 bits per heavy atom. The third-order valence-corrected chi connectivity index (χ3v) is 6.17. The van der Waals surface area contributed by atoms with E-state index >= 15 is 0 Å². The average molecular weight is 385 g/mol. The van der Waals surface area contributed by atoms with Crippen molar-refractivity contribution in [2.45, 2.75) is 17.6 Å². The minimum absolute atomic E-state index is 0.148. The van der Waals surface area contributed by atoms with E-state index in [1.54, 1.807) is 35.0 Å². The van der Waals surface area contributed by atoms with Crippen molar-refractivity contribution in [3.05, 3.63) is 64.9 Å². The van der Waals surface area contributed by atoms with Gasteiger partial charge in [0.05, 0.1) is 4.90 Å². The summed E-state index contributed by atoms with van der Waals surface area (Å²) in [5, 5.41) is 4.82. The highest BCUT2D eigenvalue weighted by atomic mass is 32.2. The Morgan fingerprint density at radius 1 is 1.00 bits per heavy atom. The van der Waals surface area contributed by atoms with Crippen molar-refractivity contribution in [2.75, 3.05) is 6.54 Å². The van der Waals surface area contributed by atoms with Gasteiger partial charge in [0.15, 0.2) is 0 Å². The molecule has 25 heavy (non-hydrogen) atoms. The first-order valence-electron chi connectivity index (χ1n) is 7.32. The number of thiophene rings is 1. The van der Waals surface area contributed by atoms with E-state index in [9.17, 15) is 21.6 Å². The van der Waals surface area contributed by atoms with Crippen LogP contribution >= 0.6 is 11.3 Å². The van der Waals surface area contributed by atoms with E-state index in [1.807, 2.05) is 12.1 Å². The topological polar surface area (TPSA) is 37.4 Å². The minimum atomic E-state index is -4.63. The second kappa shape index (κ2) is 6.78. The Morgan fingerprint density at radius 3 is 2.36 bits per heavy atom. The van der Waals surface area contributed by atoms with E-state index in [2.05, 4.69) is 0 Å². The van der Waals surface area contributed by atoms with Gasteiger partial charge in [-0.3, -0.25) is 0 Å². The number of nitrogens with zero attached hydrogens (tertiary/aromatic N) is 1. The molecule has 2 aromatic carbocycles. The normalized spacial score (nSPS) is 12.8. The van der Waals surface area contributed by atoms with Crippen LogP contribution in [0, 0.1) is 0 Å². The summed E-state index contributed by atoms with van der Waals surface area (Å²) in [6, 6.07) is 13.0. The SMILES string of the molecule is O=S(=O)(c1ccc2ccccc2c1)N(Cc1ccsc1)CC(F)(F)F. The molecule has 0 bridgehead atoms. The van der Waals surface area contributed by atoms with Crippen LogP contribution in [-0.4, -0.2) is 25.4 Å². The van der Waals surface area contributed by atoms with E-state index < -0.39 is 22.7 Å². The molecule has 3 nitrogen and oxygen atoms in total. The number of hydrogen-bond acceptors (Lipinski definition) is 3. The Labute approximate surface area is 147 Å². The lowest BCUT2D eigenvalue weighted by Crippen LogP contribution is -2.38. The molecule has 3 rings (SSSR count). The lowest BCUT2D eigenvalue weighted by molar-refractivity contribution is -0.136. The minimum Gasteiger partial charge on any atom is -0.207 e. The summed E-state index contributed by atoms with van der Waals surface area (Å²) in [6.07, 6.45) is -4.63. The van der Waals surface area contributed by atoms with Gasteiger partial charge in [0.25, 0.3) is 0 Å². The van der Waals surface area contributed by atoms with Crippen LogP contribution in [0.5, 0.6) is 0 Å². The monoisotopic (exact) mass is 385 g/mol. The maximum Gasteiger partial charge on any atom is 0.402 e. The van der Waals surface area contributed by atoms with Crippen molar-refractivity contribution >= 4 is 32.1 Å². The fourth-order valence-electron chi connectivity index (χ4n) is 2.49. The molecule has 0 aliphatic rings. The van der Waals surface area contributed by atoms with E-state index in [1.165, 1.54) is 23.5 Å². The van der Waals surface area contributed by atoms with Gasteiger partial charge in [0, 0.05) is 6.54 Å². The van der Waals surface area contributed by atoms with Gasteiger partial charge in [-0.15, -0.1) is 0 Å². The third kappa shape index (κ3) is 4.20. The van der Waals surface area contributed by atoms with Gasteiger partial charge in [-0.1, -0.05) is 30.3 Å². The number of hydrogen-bond donors (Lipinski definition) is 0. The first kappa shape index (κ1) is 17.9. The molecule has 0 aliphatic carbocycles. The highest BCUT2D eigenvalue weighted by molar-refractivity contribution is 7.89. The summed E-state index contributed by atoms with van der Waals surface area (Å²) < 4.78 is 64.9. The van der Waals surface area contributed by atoms with Crippen molar-refractivity contribution in [1.29, 1.82) is 0 Å². The van der Waals surface area contributed by atoms with Crippen LogP contribution in [0.25, 0.3) is 10.8 Å². The molecule has 0 radical (unpaired) electrons. The van der Waals surface area contributed by atoms with Crippen molar-refractivity contribution in [3.8, 4) is 0 Å². The Bertz CT molecular complexity index is 967. The molecular formula is C17H14F3NO2S2. The predicted molar refractivity (Wildman–Crippen MR) is 91.9 cm³/mol. The molecule has 8 heteroatoms. The van der Waals surface area contributed by atoms with Gasteiger partial charge in [-0.05, 0) is 45.3 Å². The van der Waals surface area contributed by atoms with Crippen molar-refractivity contribution in [3.63, 3.8) is 0 Å². The van der Waals surface area contributed by atoms with Crippen LogP contribution < -0.4 is 0 Å². The summed E-state index contributed by atoms with van der Waals surface area (Å²) in [4.78, 5) is -0.148. The lowest BCUT2D eigenvalue weighted by atomic mass is 10.1. The van der Waals surface area contributed by atoms with Crippen LogP contribution in [0.3, 0.4) is 0 Å². The van der Waals surface area contributed by atoms with Crippen LogP contribution in [-0.2, 0) is 16.6 Å². The quantitative estimate of drug-likeness (QED) is 0.641. The predicted octanol–water partition coefficient (Wildman–Crippen LogP) is 4.65. The molecule has 0 fully saturated rings. The molecule has 1 heterocycles. The fraction of sp³-hybridized carbons (Fsp3) is 0.176.